The van der Waals surface area contributed by atoms with Gasteiger partial charge in [0.25, 0.3) is 0 Å². The molecule has 3 rings (SSSR count). The lowest BCUT2D eigenvalue weighted by molar-refractivity contribution is -0.0217. The summed E-state index contributed by atoms with van der Waals surface area (Å²) in [4.78, 5) is 7.06. The Morgan fingerprint density at radius 3 is 2.76 bits per heavy atom. The molecule has 1 aliphatic heterocycles. The van der Waals surface area contributed by atoms with Gasteiger partial charge in [-0.1, -0.05) is 32.3 Å². The van der Waals surface area contributed by atoms with Gasteiger partial charge in [0, 0.05) is 43.1 Å². The lowest BCUT2D eigenvalue weighted by atomic mass is 9.76. The Balaban J connectivity index is 1.82. The van der Waals surface area contributed by atoms with Crippen molar-refractivity contribution in [3.05, 3.63) is 30.1 Å². The Kier molecular flexibility index (Phi) is 4.32. The fourth-order valence-corrected chi connectivity index (χ4v) is 4.01. The summed E-state index contributed by atoms with van der Waals surface area (Å²) in [6.45, 7) is 8.02. The van der Waals surface area contributed by atoms with Crippen molar-refractivity contribution in [2.75, 3.05) is 13.1 Å². The molecule has 1 saturated carbocycles. The van der Waals surface area contributed by atoms with Crippen LogP contribution in [0.4, 0.5) is 0 Å². The quantitative estimate of drug-likeness (QED) is 0.924. The van der Waals surface area contributed by atoms with Crippen LogP contribution < -0.4 is 5.32 Å². The summed E-state index contributed by atoms with van der Waals surface area (Å²) >= 11 is 0. The number of piperazine rings is 1. The molecule has 0 radical (unpaired) electrons. The van der Waals surface area contributed by atoms with Crippen molar-refractivity contribution in [3.8, 4) is 0 Å². The first-order chi connectivity index (χ1) is 10.2. The van der Waals surface area contributed by atoms with Gasteiger partial charge in [0.05, 0.1) is 0 Å². The molecule has 1 aliphatic carbocycles. The number of nitrogens with zero attached hydrogens (tertiary/aromatic N) is 2. The lowest BCUT2D eigenvalue weighted by Crippen LogP contribution is -2.69. The third-order valence-electron chi connectivity index (χ3n) is 5.72. The largest absolute Gasteiger partial charge is 0.308 e. The maximum Gasteiger partial charge on any atom is 0.0338 e. The third kappa shape index (κ3) is 3.14. The Morgan fingerprint density at radius 1 is 1.29 bits per heavy atom. The van der Waals surface area contributed by atoms with Crippen LogP contribution in [-0.4, -0.2) is 34.1 Å². The molecule has 1 saturated heterocycles. The molecular weight excluding hydrogens is 258 g/mol. The minimum absolute atomic E-state index is 0.255. The van der Waals surface area contributed by atoms with E-state index in [-0.39, 0.29) is 5.54 Å². The minimum atomic E-state index is 0.255. The monoisotopic (exact) mass is 287 g/mol. The SMILES string of the molecule is CCC1(C)CN(Cc2cccnc2)C2(CCCCC2)CN1. The van der Waals surface area contributed by atoms with Crippen LogP contribution >= 0.6 is 0 Å². The number of pyridine rings is 1. The van der Waals surface area contributed by atoms with Gasteiger partial charge in [0.1, 0.15) is 0 Å². The van der Waals surface area contributed by atoms with E-state index < -0.39 is 0 Å². The van der Waals surface area contributed by atoms with Gasteiger partial charge >= 0.3 is 0 Å². The number of hydrogen-bond donors (Lipinski definition) is 1. The van der Waals surface area contributed by atoms with Gasteiger partial charge in [0.15, 0.2) is 0 Å². The first-order valence-corrected chi connectivity index (χ1v) is 8.55. The molecule has 1 spiro atoms. The summed E-state index contributed by atoms with van der Waals surface area (Å²) in [5, 5.41) is 3.86. The van der Waals surface area contributed by atoms with Crippen LogP contribution in [0.15, 0.2) is 24.5 Å². The van der Waals surface area contributed by atoms with Crippen LogP contribution in [-0.2, 0) is 6.54 Å². The highest BCUT2D eigenvalue weighted by Gasteiger charge is 2.45. The highest BCUT2D eigenvalue weighted by Crippen LogP contribution is 2.38. The lowest BCUT2D eigenvalue weighted by Gasteiger charge is -2.55. The van der Waals surface area contributed by atoms with Gasteiger partial charge in [-0.25, -0.2) is 0 Å². The molecule has 1 N–H and O–H groups in total. The Hall–Kier alpha value is -0.930. The summed E-state index contributed by atoms with van der Waals surface area (Å²) in [7, 11) is 0. The number of hydrogen-bond acceptors (Lipinski definition) is 3. The van der Waals surface area contributed by atoms with Crippen molar-refractivity contribution < 1.29 is 0 Å². The van der Waals surface area contributed by atoms with Gasteiger partial charge in [-0.2, -0.15) is 0 Å². The smallest absolute Gasteiger partial charge is 0.0338 e. The molecule has 0 aromatic carbocycles. The zero-order valence-corrected chi connectivity index (χ0v) is 13.6. The summed E-state index contributed by atoms with van der Waals surface area (Å²) in [5.41, 5.74) is 1.98. The number of nitrogens with one attached hydrogen (secondary N) is 1. The molecule has 2 fully saturated rings. The first-order valence-electron chi connectivity index (χ1n) is 8.55. The van der Waals surface area contributed by atoms with E-state index in [0.717, 1.165) is 19.6 Å². The predicted octanol–water partition coefficient (Wildman–Crippen LogP) is 3.36. The molecule has 2 aliphatic rings. The van der Waals surface area contributed by atoms with E-state index in [1.807, 2.05) is 12.4 Å². The average Bonchev–Trinajstić information content (AvgIpc) is 2.54. The van der Waals surface area contributed by atoms with Crippen molar-refractivity contribution in [3.63, 3.8) is 0 Å². The Morgan fingerprint density at radius 2 is 2.10 bits per heavy atom. The Labute approximate surface area is 129 Å². The molecule has 2 heterocycles. The summed E-state index contributed by atoms with van der Waals surface area (Å²) in [5.74, 6) is 0. The van der Waals surface area contributed by atoms with Crippen LogP contribution in [0.1, 0.15) is 57.9 Å². The molecule has 1 unspecified atom stereocenters. The van der Waals surface area contributed by atoms with Gasteiger partial charge in [-0.15, -0.1) is 0 Å². The third-order valence-corrected chi connectivity index (χ3v) is 5.72. The van der Waals surface area contributed by atoms with Gasteiger partial charge in [0.2, 0.25) is 0 Å². The molecule has 0 amide bonds. The molecule has 116 valence electrons. The predicted molar refractivity (Wildman–Crippen MR) is 87.2 cm³/mol. The normalized spacial score (nSPS) is 29.6. The minimum Gasteiger partial charge on any atom is -0.308 e. The summed E-state index contributed by atoms with van der Waals surface area (Å²) < 4.78 is 0. The molecule has 1 atom stereocenters. The van der Waals surface area contributed by atoms with E-state index in [2.05, 4.69) is 41.2 Å². The van der Waals surface area contributed by atoms with Gasteiger partial charge < -0.3 is 5.32 Å². The number of rotatable bonds is 3. The van der Waals surface area contributed by atoms with Gasteiger partial charge in [-0.05, 0) is 37.8 Å². The molecule has 0 bridgehead atoms. The van der Waals surface area contributed by atoms with Crippen molar-refractivity contribution in [1.82, 2.24) is 15.2 Å². The van der Waals surface area contributed by atoms with Crippen LogP contribution in [0.25, 0.3) is 0 Å². The molecule has 1 aromatic rings. The van der Waals surface area contributed by atoms with Crippen LogP contribution in [0.5, 0.6) is 0 Å². The van der Waals surface area contributed by atoms with Crippen molar-refractivity contribution in [2.24, 2.45) is 0 Å². The van der Waals surface area contributed by atoms with Gasteiger partial charge in [-0.3, -0.25) is 9.88 Å². The number of aromatic nitrogens is 1. The maximum atomic E-state index is 4.30. The summed E-state index contributed by atoms with van der Waals surface area (Å²) in [6.07, 6.45) is 12.0. The van der Waals surface area contributed by atoms with Crippen LogP contribution in [0.2, 0.25) is 0 Å². The Bertz CT molecular complexity index is 453. The van der Waals surface area contributed by atoms with E-state index >= 15 is 0 Å². The van der Waals surface area contributed by atoms with E-state index in [9.17, 15) is 0 Å². The molecule has 1 aromatic heterocycles. The van der Waals surface area contributed by atoms with E-state index in [4.69, 9.17) is 0 Å². The average molecular weight is 287 g/mol. The fraction of sp³-hybridized carbons (Fsp3) is 0.722. The van der Waals surface area contributed by atoms with Crippen LogP contribution in [0.3, 0.4) is 0 Å². The first kappa shape index (κ1) is 15.0. The van der Waals surface area contributed by atoms with E-state index in [1.54, 1.807) is 0 Å². The standard InChI is InChI=1S/C18H29N3/c1-3-17(2)15-21(13-16-8-7-11-19-12-16)18(14-20-17)9-5-4-6-10-18/h7-8,11-12,20H,3-6,9-10,13-15H2,1-2H3. The van der Waals surface area contributed by atoms with Crippen LogP contribution in [0, 0.1) is 0 Å². The molecule has 3 heteroatoms. The second-order valence-corrected chi connectivity index (χ2v) is 7.27. The second-order valence-electron chi connectivity index (χ2n) is 7.27. The van der Waals surface area contributed by atoms with E-state index in [1.165, 1.54) is 44.1 Å². The van der Waals surface area contributed by atoms with Crippen molar-refractivity contribution in [1.29, 1.82) is 0 Å². The fourth-order valence-electron chi connectivity index (χ4n) is 4.01. The van der Waals surface area contributed by atoms with Crippen molar-refractivity contribution in [2.45, 2.75) is 70.0 Å². The zero-order chi connectivity index (χ0) is 14.8. The topological polar surface area (TPSA) is 28.2 Å². The summed E-state index contributed by atoms with van der Waals surface area (Å²) in [6, 6.07) is 4.28. The van der Waals surface area contributed by atoms with Crippen molar-refractivity contribution >= 4 is 0 Å². The highest BCUT2D eigenvalue weighted by atomic mass is 15.3. The maximum absolute atomic E-state index is 4.30. The zero-order valence-electron chi connectivity index (χ0n) is 13.6. The molecular formula is C18H29N3. The van der Waals surface area contributed by atoms with E-state index in [0.29, 0.717) is 5.54 Å². The molecule has 21 heavy (non-hydrogen) atoms. The second kappa shape index (κ2) is 6.05. The highest BCUT2D eigenvalue weighted by molar-refractivity contribution is 5.12. The molecule has 3 nitrogen and oxygen atoms in total.